The minimum atomic E-state index is -0.277. The van der Waals surface area contributed by atoms with E-state index in [0.717, 1.165) is 46.2 Å². The number of ether oxygens (including phenoxy) is 1. The molecule has 1 aromatic carbocycles. The quantitative estimate of drug-likeness (QED) is 0.506. The number of rotatable bonds is 7. The van der Waals surface area contributed by atoms with Crippen molar-refractivity contribution in [2.45, 2.75) is 84.0 Å². The number of carbonyl (C=O) groups is 1. The molecule has 2 heterocycles. The highest BCUT2D eigenvalue weighted by Crippen LogP contribution is 2.32. The molecule has 2 atom stereocenters. The van der Waals surface area contributed by atoms with E-state index in [0.29, 0.717) is 25.9 Å². The predicted molar refractivity (Wildman–Crippen MR) is 144 cm³/mol. The fraction of sp³-hybridized carbons (Fsp3) is 0.536. The Morgan fingerprint density at radius 1 is 1.22 bits per heavy atom. The minimum Gasteiger partial charge on any atom is -0.491 e. The van der Waals surface area contributed by atoms with Crippen LogP contribution in [0.2, 0.25) is 0 Å². The largest absolute Gasteiger partial charge is 0.491 e. The summed E-state index contributed by atoms with van der Waals surface area (Å²) in [6.45, 7) is 9.48. The molecule has 2 aliphatic rings. The molecule has 2 amide bonds. The minimum absolute atomic E-state index is 0.0162. The van der Waals surface area contributed by atoms with Gasteiger partial charge in [-0.15, -0.1) is 10.2 Å². The number of benzene rings is 1. The van der Waals surface area contributed by atoms with Crippen molar-refractivity contribution < 1.29 is 14.6 Å². The first-order chi connectivity index (χ1) is 17.3. The molecule has 1 aliphatic heterocycles. The molecule has 0 radical (unpaired) electrons. The zero-order valence-corrected chi connectivity index (χ0v) is 22.6. The van der Waals surface area contributed by atoms with Crippen LogP contribution in [0.4, 0.5) is 4.79 Å². The van der Waals surface area contributed by atoms with Crippen molar-refractivity contribution in [2.24, 2.45) is 0 Å². The van der Waals surface area contributed by atoms with Gasteiger partial charge in [0.15, 0.2) is 0 Å². The second kappa shape index (κ2) is 12.0. The number of urea groups is 1. The van der Waals surface area contributed by atoms with Crippen molar-refractivity contribution in [3.63, 3.8) is 0 Å². The Morgan fingerprint density at radius 2 is 2.00 bits per heavy atom. The second-order valence-corrected chi connectivity index (χ2v) is 11.1. The Bertz CT molecular complexity index is 1100. The molecule has 1 aliphatic carbocycles. The Labute approximate surface area is 218 Å². The molecule has 1 saturated heterocycles. The smallest absolute Gasteiger partial charge is 0.317 e. The number of piperidine rings is 1. The molecule has 1 saturated carbocycles. The molecular formula is C28H38N4O3S. The molecule has 0 bridgehead atoms. The average Bonchev–Trinajstić information content (AvgIpc) is 3.51. The zero-order chi connectivity index (χ0) is 25.7. The number of aliphatic hydroxyl groups excluding tert-OH is 1. The predicted octanol–water partition coefficient (Wildman–Crippen LogP) is 5.61. The third-order valence-electron chi connectivity index (χ3n) is 6.78. The van der Waals surface area contributed by atoms with Gasteiger partial charge in [0, 0.05) is 24.6 Å². The van der Waals surface area contributed by atoms with Gasteiger partial charge < -0.3 is 20.1 Å². The van der Waals surface area contributed by atoms with Gasteiger partial charge in [0.1, 0.15) is 15.8 Å². The van der Waals surface area contributed by atoms with E-state index in [1.165, 1.54) is 5.57 Å². The van der Waals surface area contributed by atoms with Crippen LogP contribution in [0.25, 0.3) is 10.6 Å². The lowest BCUT2D eigenvalue weighted by Gasteiger charge is -2.31. The summed E-state index contributed by atoms with van der Waals surface area (Å²) in [5, 5.41) is 23.6. The summed E-state index contributed by atoms with van der Waals surface area (Å²) in [5.74, 6) is 1.05. The lowest BCUT2D eigenvalue weighted by atomic mass is 10.1. The lowest BCUT2D eigenvalue weighted by molar-refractivity contribution is 0.0932. The first-order valence-corrected chi connectivity index (χ1v) is 13.8. The van der Waals surface area contributed by atoms with E-state index in [1.807, 2.05) is 30.9 Å². The van der Waals surface area contributed by atoms with Gasteiger partial charge in [-0.05, 0) is 82.2 Å². The Kier molecular flexibility index (Phi) is 8.80. The van der Waals surface area contributed by atoms with Crippen LogP contribution in [0.5, 0.6) is 5.75 Å². The standard InChI is InChI=1S/C28H38N4O3S/c1-18(2)35-25-12-11-22(17-20(25)4)27-31-30-26(36-27)19(3)7-5-8-21-9-6-10-24(21)29-28(34)32-15-13-23(33)14-16-32/h5,7-8,11-12,17-19,23-24,33H,6,9-10,13-16H2,1-4H3,(H,29,34). The molecule has 2 aromatic rings. The van der Waals surface area contributed by atoms with Crippen molar-refractivity contribution in [3.05, 3.63) is 52.6 Å². The maximum atomic E-state index is 12.6. The van der Waals surface area contributed by atoms with Crippen molar-refractivity contribution in [3.8, 4) is 16.3 Å². The zero-order valence-electron chi connectivity index (χ0n) is 21.7. The molecule has 0 spiro atoms. The normalized spacial score (nSPS) is 21.0. The van der Waals surface area contributed by atoms with E-state index in [4.69, 9.17) is 4.74 Å². The highest BCUT2D eigenvalue weighted by atomic mass is 32.1. The average molecular weight is 511 g/mol. The number of amides is 2. The summed E-state index contributed by atoms with van der Waals surface area (Å²) in [6, 6.07) is 6.22. The summed E-state index contributed by atoms with van der Waals surface area (Å²) in [6.07, 6.45) is 10.6. The van der Waals surface area contributed by atoms with E-state index in [-0.39, 0.29) is 30.2 Å². The molecule has 1 aromatic heterocycles. The summed E-state index contributed by atoms with van der Waals surface area (Å²) in [5.41, 5.74) is 3.41. The molecule has 2 fully saturated rings. The van der Waals surface area contributed by atoms with Crippen LogP contribution in [0.3, 0.4) is 0 Å². The summed E-state index contributed by atoms with van der Waals surface area (Å²) in [7, 11) is 0. The Morgan fingerprint density at radius 3 is 2.72 bits per heavy atom. The molecule has 36 heavy (non-hydrogen) atoms. The second-order valence-electron chi connectivity index (χ2n) is 10.1. The number of nitrogens with one attached hydrogen (secondary N) is 1. The van der Waals surface area contributed by atoms with Crippen LogP contribution in [0, 0.1) is 6.92 Å². The van der Waals surface area contributed by atoms with Crippen molar-refractivity contribution in [2.75, 3.05) is 13.1 Å². The lowest BCUT2D eigenvalue weighted by Crippen LogP contribution is -2.48. The molecule has 2 unspecified atom stereocenters. The van der Waals surface area contributed by atoms with E-state index in [1.54, 1.807) is 11.3 Å². The van der Waals surface area contributed by atoms with Gasteiger partial charge in [-0.3, -0.25) is 0 Å². The Hall–Kier alpha value is -2.71. The molecule has 8 heteroatoms. The van der Waals surface area contributed by atoms with Gasteiger partial charge in [-0.2, -0.15) is 0 Å². The molecule has 2 N–H and O–H groups in total. The van der Waals surface area contributed by atoms with Crippen LogP contribution in [-0.2, 0) is 0 Å². The van der Waals surface area contributed by atoms with Gasteiger partial charge in [0.2, 0.25) is 0 Å². The van der Waals surface area contributed by atoms with Gasteiger partial charge in [0.25, 0.3) is 0 Å². The maximum Gasteiger partial charge on any atom is 0.317 e. The summed E-state index contributed by atoms with van der Waals surface area (Å²) >= 11 is 1.61. The number of aryl methyl sites for hydroxylation is 1. The van der Waals surface area contributed by atoms with E-state index in [9.17, 15) is 9.90 Å². The van der Waals surface area contributed by atoms with Crippen LogP contribution in [0.15, 0.2) is 42.0 Å². The van der Waals surface area contributed by atoms with Crippen LogP contribution in [0.1, 0.15) is 69.4 Å². The topological polar surface area (TPSA) is 87.6 Å². The van der Waals surface area contributed by atoms with Crippen LogP contribution in [-0.4, -0.2) is 57.6 Å². The van der Waals surface area contributed by atoms with E-state index < -0.39 is 0 Å². The fourth-order valence-electron chi connectivity index (χ4n) is 4.68. The van der Waals surface area contributed by atoms with E-state index >= 15 is 0 Å². The highest BCUT2D eigenvalue weighted by molar-refractivity contribution is 7.14. The number of likely N-dealkylation sites (tertiary alicyclic amines) is 1. The van der Waals surface area contributed by atoms with Gasteiger partial charge in [-0.1, -0.05) is 36.5 Å². The number of hydrogen-bond donors (Lipinski definition) is 2. The molecular weight excluding hydrogens is 472 g/mol. The molecule has 4 rings (SSSR count). The third kappa shape index (κ3) is 6.73. The fourth-order valence-corrected chi connectivity index (χ4v) is 5.55. The first kappa shape index (κ1) is 26.4. The number of hydrogen-bond acceptors (Lipinski definition) is 6. The van der Waals surface area contributed by atoms with Crippen LogP contribution >= 0.6 is 11.3 Å². The summed E-state index contributed by atoms with van der Waals surface area (Å²) in [4.78, 5) is 14.5. The van der Waals surface area contributed by atoms with Gasteiger partial charge in [-0.25, -0.2) is 4.79 Å². The first-order valence-electron chi connectivity index (χ1n) is 13.0. The number of aromatic nitrogens is 2. The third-order valence-corrected chi connectivity index (χ3v) is 7.95. The van der Waals surface area contributed by atoms with Crippen molar-refractivity contribution in [1.29, 1.82) is 0 Å². The van der Waals surface area contributed by atoms with E-state index in [2.05, 4.69) is 53.7 Å². The van der Waals surface area contributed by atoms with Crippen LogP contribution < -0.4 is 10.1 Å². The number of allylic oxidation sites excluding steroid dienone is 3. The van der Waals surface area contributed by atoms with Gasteiger partial charge >= 0.3 is 6.03 Å². The van der Waals surface area contributed by atoms with Gasteiger partial charge in [0.05, 0.1) is 18.2 Å². The van der Waals surface area contributed by atoms with Crippen molar-refractivity contribution in [1.82, 2.24) is 20.4 Å². The molecule has 194 valence electrons. The molecule has 7 nitrogen and oxygen atoms in total. The number of nitrogens with zero attached hydrogens (tertiary/aromatic N) is 3. The summed E-state index contributed by atoms with van der Waals surface area (Å²) < 4.78 is 5.85. The SMILES string of the molecule is Cc1cc(-c2nnc(C(C)C=CC=C3CCCC3NC(=O)N3CCC(O)CC3)s2)ccc1OC(C)C. The van der Waals surface area contributed by atoms with Crippen molar-refractivity contribution >= 4 is 17.4 Å². The highest BCUT2D eigenvalue weighted by Gasteiger charge is 2.26. The number of carbonyl (C=O) groups excluding carboxylic acids is 1. The number of aliphatic hydroxyl groups is 1. The maximum absolute atomic E-state index is 12.6. The monoisotopic (exact) mass is 510 g/mol. The Balaban J connectivity index is 1.35.